The molecule has 0 saturated carbocycles. The van der Waals surface area contributed by atoms with E-state index in [4.69, 9.17) is 0 Å². The van der Waals surface area contributed by atoms with Gasteiger partial charge in [0.25, 0.3) is 0 Å². The van der Waals surface area contributed by atoms with Crippen LogP contribution in [-0.2, 0) is 6.18 Å². The molecule has 5 heteroatoms. The summed E-state index contributed by atoms with van der Waals surface area (Å²) >= 11 is 0. The van der Waals surface area contributed by atoms with Gasteiger partial charge in [0.1, 0.15) is 5.69 Å². The van der Waals surface area contributed by atoms with Crippen LogP contribution >= 0.6 is 0 Å². The molecule has 0 bridgehead atoms. The van der Waals surface area contributed by atoms with Crippen molar-refractivity contribution < 1.29 is 13.2 Å². The molecule has 1 rings (SSSR count). The van der Waals surface area contributed by atoms with Gasteiger partial charge >= 0.3 is 6.18 Å². The molecule has 0 spiro atoms. The number of rotatable bonds is 2. The van der Waals surface area contributed by atoms with Crippen LogP contribution in [0.2, 0.25) is 0 Å². The SMILES string of the molecule is CNCCC#Cc1ccc(C(F)(F)F)cn1. The standard InChI is InChI=1S/C11H11F3N2/c1-15-7-3-2-4-10-6-5-9(8-16-10)11(12,13)14/h5-6,8,15H,3,7H2,1H3. The molecular formula is C11H11F3N2. The van der Waals surface area contributed by atoms with Crippen LogP contribution in [0.15, 0.2) is 18.3 Å². The molecule has 86 valence electrons. The van der Waals surface area contributed by atoms with E-state index in [-0.39, 0.29) is 0 Å². The molecule has 0 fully saturated rings. The van der Waals surface area contributed by atoms with Crippen LogP contribution in [0.25, 0.3) is 0 Å². The summed E-state index contributed by atoms with van der Waals surface area (Å²) < 4.78 is 36.6. The average Bonchev–Trinajstić information content (AvgIpc) is 2.24. The van der Waals surface area contributed by atoms with E-state index in [9.17, 15) is 13.2 Å². The van der Waals surface area contributed by atoms with Gasteiger partial charge in [-0.05, 0) is 25.1 Å². The van der Waals surface area contributed by atoms with E-state index in [0.29, 0.717) is 12.1 Å². The summed E-state index contributed by atoms with van der Waals surface area (Å²) in [4.78, 5) is 3.63. The monoisotopic (exact) mass is 228 g/mol. The first kappa shape index (κ1) is 12.5. The number of aromatic nitrogens is 1. The number of alkyl halides is 3. The van der Waals surface area contributed by atoms with Crippen LogP contribution < -0.4 is 5.32 Å². The molecule has 0 aliphatic rings. The number of hydrogen-bond acceptors (Lipinski definition) is 2. The van der Waals surface area contributed by atoms with E-state index in [1.54, 1.807) is 7.05 Å². The minimum absolute atomic E-state index is 0.351. The molecule has 0 aromatic carbocycles. The lowest BCUT2D eigenvalue weighted by Gasteiger charge is -2.04. The van der Waals surface area contributed by atoms with E-state index in [0.717, 1.165) is 18.8 Å². The molecule has 1 heterocycles. The molecular weight excluding hydrogens is 217 g/mol. The summed E-state index contributed by atoms with van der Waals surface area (Å²) in [6.07, 6.45) is -2.91. The molecule has 0 aliphatic heterocycles. The van der Waals surface area contributed by atoms with Gasteiger partial charge in [-0.1, -0.05) is 5.92 Å². The predicted molar refractivity (Wildman–Crippen MR) is 54.7 cm³/mol. The largest absolute Gasteiger partial charge is 0.417 e. The van der Waals surface area contributed by atoms with E-state index >= 15 is 0 Å². The minimum atomic E-state index is -4.34. The summed E-state index contributed by atoms with van der Waals surface area (Å²) in [5.41, 5.74) is -0.405. The highest BCUT2D eigenvalue weighted by atomic mass is 19.4. The van der Waals surface area contributed by atoms with Gasteiger partial charge in [-0.3, -0.25) is 0 Å². The van der Waals surface area contributed by atoms with E-state index in [1.807, 2.05) is 0 Å². The van der Waals surface area contributed by atoms with Crippen LogP contribution in [0.1, 0.15) is 17.7 Å². The van der Waals surface area contributed by atoms with Crippen molar-refractivity contribution in [3.63, 3.8) is 0 Å². The summed E-state index contributed by atoms with van der Waals surface area (Å²) in [7, 11) is 1.80. The topological polar surface area (TPSA) is 24.9 Å². The Morgan fingerprint density at radius 2 is 2.12 bits per heavy atom. The third-order valence-corrected chi connectivity index (χ3v) is 1.81. The summed E-state index contributed by atoms with van der Waals surface area (Å²) in [6, 6.07) is 2.25. The van der Waals surface area contributed by atoms with Crippen LogP contribution in [0, 0.1) is 11.8 Å². The molecule has 0 saturated heterocycles. The van der Waals surface area contributed by atoms with Crippen molar-refractivity contribution in [2.75, 3.05) is 13.6 Å². The third-order valence-electron chi connectivity index (χ3n) is 1.81. The molecule has 0 unspecified atom stereocenters. The van der Waals surface area contributed by atoms with E-state index in [1.165, 1.54) is 6.07 Å². The molecule has 0 amide bonds. The second-order valence-electron chi connectivity index (χ2n) is 3.09. The van der Waals surface area contributed by atoms with Crippen molar-refractivity contribution in [2.24, 2.45) is 0 Å². The van der Waals surface area contributed by atoms with Gasteiger partial charge in [-0.15, -0.1) is 0 Å². The van der Waals surface area contributed by atoms with Crippen LogP contribution in [0.5, 0.6) is 0 Å². The average molecular weight is 228 g/mol. The molecule has 2 nitrogen and oxygen atoms in total. The Morgan fingerprint density at radius 3 is 2.62 bits per heavy atom. The summed E-state index contributed by atoms with van der Waals surface area (Å²) in [5, 5.41) is 2.91. The zero-order valence-electron chi connectivity index (χ0n) is 8.73. The van der Waals surface area contributed by atoms with Gasteiger partial charge in [0.05, 0.1) is 5.56 Å². The second kappa shape index (κ2) is 5.52. The summed E-state index contributed by atoms with van der Waals surface area (Å²) in [6.45, 7) is 0.744. The minimum Gasteiger partial charge on any atom is -0.319 e. The number of nitrogens with one attached hydrogen (secondary N) is 1. The Kier molecular flexibility index (Phi) is 4.32. The first-order chi connectivity index (χ1) is 7.54. The maximum Gasteiger partial charge on any atom is 0.417 e. The Bertz CT molecular complexity index is 384. The molecule has 0 aliphatic carbocycles. The zero-order valence-corrected chi connectivity index (χ0v) is 8.73. The number of pyridine rings is 1. The molecule has 1 aromatic heterocycles. The van der Waals surface area contributed by atoms with Crippen molar-refractivity contribution in [3.05, 3.63) is 29.6 Å². The van der Waals surface area contributed by atoms with Gasteiger partial charge in [0.2, 0.25) is 0 Å². The van der Waals surface area contributed by atoms with Crippen LogP contribution in [-0.4, -0.2) is 18.6 Å². The molecule has 0 radical (unpaired) electrons. The Hall–Kier alpha value is -1.54. The van der Waals surface area contributed by atoms with E-state index in [2.05, 4.69) is 22.1 Å². The lowest BCUT2D eigenvalue weighted by molar-refractivity contribution is -0.137. The first-order valence-corrected chi connectivity index (χ1v) is 4.71. The fraction of sp³-hybridized carbons (Fsp3) is 0.364. The molecule has 16 heavy (non-hydrogen) atoms. The van der Waals surface area contributed by atoms with Gasteiger partial charge in [-0.2, -0.15) is 13.2 Å². The van der Waals surface area contributed by atoms with Crippen molar-refractivity contribution >= 4 is 0 Å². The first-order valence-electron chi connectivity index (χ1n) is 4.71. The Labute approximate surface area is 91.9 Å². The van der Waals surface area contributed by atoms with Crippen LogP contribution in [0.3, 0.4) is 0 Å². The van der Waals surface area contributed by atoms with Crippen molar-refractivity contribution in [3.8, 4) is 11.8 Å². The smallest absolute Gasteiger partial charge is 0.319 e. The van der Waals surface area contributed by atoms with Gasteiger partial charge < -0.3 is 5.32 Å². The highest BCUT2D eigenvalue weighted by molar-refractivity contribution is 5.29. The quantitative estimate of drug-likeness (QED) is 0.619. The fourth-order valence-corrected chi connectivity index (χ4v) is 0.976. The number of hydrogen-bond donors (Lipinski definition) is 1. The fourth-order valence-electron chi connectivity index (χ4n) is 0.976. The Morgan fingerprint density at radius 1 is 1.38 bits per heavy atom. The molecule has 1 aromatic rings. The van der Waals surface area contributed by atoms with Gasteiger partial charge in [-0.25, -0.2) is 4.98 Å². The molecule has 0 atom stereocenters. The Balaban J connectivity index is 2.67. The molecule has 1 N–H and O–H groups in total. The predicted octanol–water partition coefficient (Wildman–Crippen LogP) is 2.06. The van der Waals surface area contributed by atoms with Gasteiger partial charge in [0.15, 0.2) is 0 Å². The maximum absolute atomic E-state index is 12.2. The maximum atomic E-state index is 12.2. The lowest BCUT2D eigenvalue weighted by Crippen LogP contribution is -2.06. The third kappa shape index (κ3) is 3.91. The second-order valence-corrected chi connectivity index (χ2v) is 3.09. The summed E-state index contributed by atoms with van der Waals surface area (Å²) in [5.74, 6) is 5.49. The van der Waals surface area contributed by atoms with Crippen molar-refractivity contribution in [1.29, 1.82) is 0 Å². The van der Waals surface area contributed by atoms with E-state index < -0.39 is 11.7 Å². The zero-order chi connectivity index (χ0) is 12.0. The van der Waals surface area contributed by atoms with Gasteiger partial charge in [0, 0.05) is 19.2 Å². The van der Waals surface area contributed by atoms with Crippen LogP contribution in [0.4, 0.5) is 13.2 Å². The lowest BCUT2D eigenvalue weighted by atomic mass is 10.2. The normalized spacial score (nSPS) is 10.8. The van der Waals surface area contributed by atoms with Crippen molar-refractivity contribution in [1.82, 2.24) is 10.3 Å². The highest BCUT2D eigenvalue weighted by Gasteiger charge is 2.30. The van der Waals surface area contributed by atoms with Crippen molar-refractivity contribution in [2.45, 2.75) is 12.6 Å². The number of halogens is 3. The highest BCUT2D eigenvalue weighted by Crippen LogP contribution is 2.28. The number of nitrogens with zero attached hydrogens (tertiary/aromatic N) is 1.